The van der Waals surface area contributed by atoms with Crippen LogP contribution < -0.4 is 10.9 Å². The molecule has 39 heavy (non-hydrogen) atoms. The van der Waals surface area contributed by atoms with Crippen molar-refractivity contribution in [2.75, 3.05) is 0 Å². The predicted molar refractivity (Wildman–Crippen MR) is 172 cm³/mol. The number of allylic oxidation sites excluding steroid dienone is 2. The highest BCUT2D eigenvalue weighted by Gasteiger charge is 2.35. The van der Waals surface area contributed by atoms with Crippen molar-refractivity contribution in [1.82, 2.24) is 9.55 Å². The molecule has 5 aromatic rings. The van der Waals surface area contributed by atoms with E-state index in [-0.39, 0.29) is 5.16 Å². The van der Waals surface area contributed by atoms with Crippen LogP contribution in [-0.2, 0) is 5.16 Å². The summed E-state index contributed by atoms with van der Waals surface area (Å²) in [5.74, 6) is 0. The fraction of sp³-hybridized carbons (Fsp3) is 0.171. The Morgan fingerprint density at radius 3 is 1.64 bits per heavy atom. The van der Waals surface area contributed by atoms with Gasteiger partial charge in [0.05, 0.1) is 21.0 Å². The van der Waals surface area contributed by atoms with Gasteiger partial charge in [0.25, 0.3) is 0 Å². The zero-order valence-electron chi connectivity index (χ0n) is 23.4. The molecule has 0 fully saturated rings. The van der Waals surface area contributed by atoms with Crippen LogP contribution in [0.1, 0.15) is 31.4 Å². The smallest absolute Gasteiger partial charge is 0.206 e. The zero-order valence-corrected chi connectivity index (χ0v) is 24.9. The standard InChI is InChI=1S/C22H26N2Si.C13H13B/c1-3-19(2)14-17-25-22(24-16-15-23-18-24,20-10-6-4-7-11-20)21-12-8-5-9-13-21;1-14(12-8-4-2-5-9-12)13-10-6-3-7-11-13/h4-16,18H,3,17,25H2,1-2H3;2-11H,1H3. The van der Waals surface area contributed by atoms with Gasteiger partial charge in [-0.25, -0.2) is 4.98 Å². The van der Waals surface area contributed by atoms with Crippen LogP contribution in [0.15, 0.2) is 152 Å². The Labute approximate surface area is 237 Å². The molecule has 4 aromatic carbocycles. The Hall–Kier alpha value is -3.89. The maximum absolute atomic E-state index is 4.37. The topological polar surface area (TPSA) is 17.8 Å². The van der Waals surface area contributed by atoms with E-state index >= 15 is 0 Å². The van der Waals surface area contributed by atoms with Gasteiger partial charge in [-0.15, -0.1) is 0 Å². The Balaban J connectivity index is 0.000000212. The van der Waals surface area contributed by atoms with Crippen molar-refractivity contribution in [3.05, 3.63) is 163 Å². The van der Waals surface area contributed by atoms with Crippen molar-refractivity contribution in [1.29, 1.82) is 0 Å². The number of aromatic nitrogens is 2. The zero-order chi connectivity index (χ0) is 27.3. The number of nitrogens with zero attached hydrogens (tertiary/aromatic N) is 2. The summed E-state index contributed by atoms with van der Waals surface area (Å²) in [6, 6.07) is 44.2. The van der Waals surface area contributed by atoms with E-state index in [1.54, 1.807) is 0 Å². The first kappa shape index (κ1) is 28.1. The van der Waals surface area contributed by atoms with Gasteiger partial charge in [0, 0.05) is 12.4 Å². The van der Waals surface area contributed by atoms with E-state index in [4.69, 9.17) is 0 Å². The summed E-state index contributed by atoms with van der Waals surface area (Å²) in [7, 11) is -0.553. The van der Waals surface area contributed by atoms with Gasteiger partial charge in [0.1, 0.15) is 0 Å². The van der Waals surface area contributed by atoms with Crippen molar-refractivity contribution in [2.45, 2.75) is 38.3 Å². The fourth-order valence-corrected chi connectivity index (χ4v) is 7.69. The Bertz CT molecular complexity index is 1310. The van der Waals surface area contributed by atoms with Gasteiger partial charge in [0.2, 0.25) is 6.71 Å². The first-order valence-corrected chi connectivity index (χ1v) is 15.7. The molecule has 0 aliphatic heterocycles. The SMILES string of the molecule is CB(c1ccccc1)c1ccccc1.CCC(C)=CC[SiH2]C(c1ccccc1)(c1ccccc1)n1ccnc1. The first-order chi connectivity index (χ1) is 19.1. The monoisotopic (exact) mass is 526 g/mol. The third-order valence-corrected chi connectivity index (χ3v) is 10.1. The van der Waals surface area contributed by atoms with Crippen LogP contribution in [0.3, 0.4) is 0 Å². The first-order valence-electron chi connectivity index (χ1n) is 14.0. The van der Waals surface area contributed by atoms with E-state index in [0.29, 0.717) is 6.71 Å². The highest BCUT2D eigenvalue weighted by atomic mass is 28.2. The Morgan fingerprint density at radius 1 is 0.769 bits per heavy atom. The Morgan fingerprint density at radius 2 is 1.23 bits per heavy atom. The second kappa shape index (κ2) is 14.3. The molecule has 0 unspecified atom stereocenters. The van der Waals surface area contributed by atoms with Crippen LogP contribution in [0.25, 0.3) is 0 Å². The molecule has 0 radical (unpaired) electrons. The van der Waals surface area contributed by atoms with Gasteiger partial charge in [0.15, 0.2) is 0 Å². The third kappa shape index (κ3) is 7.16. The number of imidazole rings is 1. The average molecular weight is 527 g/mol. The van der Waals surface area contributed by atoms with Crippen LogP contribution in [0.5, 0.6) is 0 Å². The maximum atomic E-state index is 4.37. The minimum absolute atomic E-state index is 0.108. The lowest BCUT2D eigenvalue weighted by molar-refractivity contribution is 0.592. The molecular formula is C35H39BN2Si. The van der Waals surface area contributed by atoms with Gasteiger partial charge in [-0.1, -0.05) is 158 Å². The maximum Gasteiger partial charge on any atom is 0.206 e. The lowest BCUT2D eigenvalue weighted by Crippen LogP contribution is -2.41. The highest BCUT2D eigenvalue weighted by molar-refractivity contribution is 6.84. The normalized spacial score (nSPS) is 11.7. The minimum atomic E-state index is -0.553. The number of rotatable bonds is 9. The summed E-state index contributed by atoms with van der Waals surface area (Å²) < 4.78 is 2.32. The molecule has 0 amide bonds. The summed E-state index contributed by atoms with van der Waals surface area (Å²) in [6.07, 6.45) is 9.54. The fourth-order valence-electron chi connectivity index (χ4n) is 5.14. The summed E-state index contributed by atoms with van der Waals surface area (Å²) in [5.41, 5.74) is 6.94. The van der Waals surface area contributed by atoms with Crippen molar-refractivity contribution in [2.24, 2.45) is 0 Å². The number of hydrogen-bond acceptors (Lipinski definition) is 1. The van der Waals surface area contributed by atoms with Gasteiger partial charge < -0.3 is 4.57 Å². The lowest BCUT2D eigenvalue weighted by Gasteiger charge is -2.36. The van der Waals surface area contributed by atoms with E-state index < -0.39 is 9.52 Å². The van der Waals surface area contributed by atoms with Crippen molar-refractivity contribution >= 4 is 27.2 Å². The molecule has 0 spiro atoms. The van der Waals surface area contributed by atoms with Crippen LogP contribution >= 0.6 is 0 Å². The van der Waals surface area contributed by atoms with Crippen LogP contribution in [0, 0.1) is 0 Å². The van der Waals surface area contributed by atoms with E-state index in [1.807, 2.05) is 12.5 Å². The molecule has 0 atom stereocenters. The molecule has 5 rings (SSSR count). The second-order valence-electron chi connectivity index (χ2n) is 10.0. The largest absolute Gasteiger partial charge is 0.327 e. The van der Waals surface area contributed by atoms with E-state index in [0.717, 1.165) is 6.42 Å². The molecule has 1 aromatic heterocycles. The molecule has 1 heterocycles. The van der Waals surface area contributed by atoms with E-state index in [1.165, 1.54) is 33.7 Å². The van der Waals surface area contributed by atoms with E-state index in [2.05, 4.69) is 164 Å². The molecule has 0 saturated heterocycles. The van der Waals surface area contributed by atoms with Gasteiger partial charge in [-0.3, -0.25) is 0 Å². The third-order valence-electron chi connectivity index (χ3n) is 7.60. The Kier molecular flexibility index (Phi) is 10.3. The molecular weight excluding hydrogens is 487 g/mol. The summed E-state index contributed by atoms with van der Waals surface area (Å²) in [4.78, 5) is 4.37. The quantitative estimate of drug-likeness (QED) is 0.158. The highest BCUT2D eigenvalue weighted by Crippen LogP contribution is 2.34. The van der Waals surface area contributed by atoms with Crippen molar-refractivity contribution < 1.29 is 0 Å². The molecule has 0 bridgehead atoms. The summed E-state index contributed by atoms with van der Waals surface area (Å²) in [6.45, 7) is 7.19. The second-order valence-corrected chi connectivity index (χ2v) is 12.1. The summed E-state index contributed by atoms with van der Waals surface area (Å²) >= 11 is 0. The van der Waals surface area contributed by atoms with Gasteiger partial charge in [-0.2, -0.15) is 0 Å². The summed E-state index contributed by atoms with van der Waals surface area (Å²) in [5, 5.41) is -0.108. The molecule has 2 nitrogen and oxygen atoms in total. The van der Waals surface area contributed by atoms with Gasteiger partial charge >= 0.3 is 0 Å². The van der Waals surface area contributed by atoms with Crippen molar-refractivity contribution in [3.8, 4) is 0 Å². The van der Waals surface area contributed by atoms with E-state index in [9.17, 15) is 0 Å². The van der Waals surface area contributed by atoms with Crippen LogP contribution in [0.4, 0.5) is 0 Å². The molecule has 196 valence electrons. The molecule has 4 heteroatoms. The number of hydrogen-bond donors (Lipinski definition) is 0. The minimum Gasteiger partial charge on any atom is -0.327 e. The molecule has 0 saturated carbocycles. The lowest BCUT2D eigenvalue weighted by atomic mass is 9.43. The van der Waals surface area contributed by atoms with Crippen LogP contribution in [-0.4, -0.2) is 25.8 Å². The van der Waals surface area contributed by atoms with Gasteiger partial charge in [-0.05, 0) is 30.5 Å². The average Bonchev–Trinajstić information content (AvgIpc) is 3.56. The molecule has 0 N–H and O–H groups in total. The van der Waals surface area contributed by atoms with Crippen molar-refractivity contribution in [3.63, 3.8) is 0 Å². The predicted octanol–water partition coefficient (Wildman–Crippen LogP) is 6.50. The molecule has 0 aliphatic carbocycles. The van der Waals surface area contributed by atoms with Crippen LogP contribution in [0.2, 0.25) is 12.9 Å². The molecule has 0 aliphatic rings. The number of benzene rings is 4.